The van der Waals surface area contributed by atoms with Gasteiger partial charge in [0.25, 0.3) is 0 Å². The molecule has 5 nitrogen and oxygen atoms in total. The van der Waals surface area contributed by atoms with E-state index in [0.717, 1.165) is 25.7 Å². The molecule has 1 atom stereocenters. The number of furan rings is 1. The van der Waals surface area contributed by atoms with Gasteiger partial charge in [0.2, 0.25) is 5.91 Å². The van der Waals surface area contributed by atoms with Gasteiger partial charge in [-0.15, -0.1) is 0 Å². The molecule has 0 bridgehead atoms. The zero-order chi connectivity index (χ0) is 13.0. The second-order valence-electron chi connectivity index (χ2n) is 4.66. The Labute approximate surface area is 105 Å². The summed E-state index contributed by atoms with van der Waals surface area (Å²) in [7, 11) is 0. The molecule has 1 aromatic rings. The highest BCUT2D eigenvalue weighted by Gasteiger charge is 2.27. The number of carboxylic acids is 1. The molecule has 5 heteroatoms. The molecule has 1 amide bonds. The van der Waals surface area contributed by atoms with Crippen LogP contribution in [0.2, 0.25) is 0 Å². The quantitative estimate of drug-likeness (QED) is 0.839. The molecule has 0 spiro atoms. The molecule has 1 unspecified atom stereocenters. The monoisotopic (exact) mass is 251 g/mol. The first kappa shape index (κ1) is 12.7. The van der Waals surface area contributed by atoms with Gasteiger partial charge in [0.05, 0.1) is 18.7 Å². The summed E-state index contributed by atoms with van der Waals surface area (Å²) in [6.07, 6.45) is 5.25. The number of hydrogen-bond acceptors (Lipinski definition) is 3. The van der Waals surface area contributed by atoms with E-state index in [2.05, 4.69) is 5.32 Å². The smallest absolute Gasteiger partial charge is 0.305 e. The molecule has 0 saturated heterocycles. The van der Waals surface area contributed by atoms with Crippen molar-refractivity contribution >= 4 is 11.9 Å². The number of amides is 1. The van der Waals surface area contributed by atoms with Crippen LogP contribution < -0.4 is 5.32 Å². The molecule has 1 aromatic heterocycles. The van der Waals surface area contributed by atoms with Crippen molar-refractivity contribution in [2.75, 3.05) is 0 Å². The molecule has 2 N–H and O–H groups in total. The van der Waals surface area contributed by atoms with Gasteiger partial charge in [0, 0.05) is 5.92 Å². The molecule has 1 heterocycles. The Morgan fingerprint density at radius 2 is 2.17 bits per heavy atom. The molecule has 2 rings (SSSR count). The molecular formula is C13H17NO4. The normalized spacial score (nSPS) is 17.6. The van der Waals surface area contributed by atoms with Crippen molar-refractivity contribution in [1.29, 1.82) is 0 Å². The lowest BCUT2D eigenvalue weighted by molar-refractivity contribution is -0.138. The first-order valence-corrected chi connectivity index (χ1v) is 6.22. The van der Waals surface area contributed by atoms with Crippen LogP contribution in [0.5, 0.6) is 0 Å². The minimum atomic E-state index is -0.955. The second kappa shape index (κ2) is 5.71. The van der Waals surface area contributed by atoms with Gasteiger partial charge in [-0.2, -0.15) is 0 Å². The van der Waals surface area contributed by atoms with E-state index in [1.54, 1.807) is 12.1 Å². The summed E-state index contributed by atoms with van der Waals surface area (Å²) < 4.78 is 5.18. The molecule has 1 saturated carbocycles. The van der Waals surface area contributed by atoms with Gasteiger partial charge in [0.1, 0.15) is 5.76 Å². The first-order chi connectivity index (χ1) is 8.66. The third-order valence-corrected chi connectivity index (χ3v) is 3.31. The summed E-state index contributed by atoms with van der Waals surface area (Å²) in [6.45, 7) is 0. The Morgan fingerprint density at radius 3 is 2.72 bits per heavy atom. The zero-order valence-electron chi connectivity index (χ0n) is 10.1. The van der Waals surface area contributed by atoms with Crippen molar-refractivity contribution in [2.24, 2.45) is 5.92 Å². The average Bonchev–Trinajstić information content (AvgIpc) is 3.01. The molecule has 1 fully saturated rings. The third-order valence-electron chi connectivity index (χ3n) is 3.31. The summed E-state index contributed by atoms with van der Waals surface area (Å²) in [5.74, 6) is -0.502. The molecule has 0 aliphatic heterocycles. The lowest BCUT2D eigenvalue weighted by Crippen LogP contribution is -2.34. The number of carboxylic acid groups (broad SMARTS) is 1. The molecule has 18 heavy (non-hydrogen) atoms. The molecule has 98 valence electrons. The van der Waals surface area contributed by atoms with Crippen molar-refractivity contribution in [3.63, 3.8) is 0 Å². The van der Waals surface area contributed by atoms with Crippen LogP contribution in [-0.4, -0.2) is 17.0 Å². The minimum Gasteiger partial charge on any atom is -0.481 e. The third kappa shape index (κ3) is 3.12. The Balaban J connectivity index is 2.00. The largest absolute Gasteiger partial charge is 0.481 e. The molecule has 1 aliphatic rings. The van der Waals surface area contributed by atoms with Crippen LogP contribution in [0.25, 0.3) is 0 Å². The van der Waals surface area contributed by atoms with Crippen LogP contribution in [-0.2, 0) is 9.59 Å². The van der Waals surface area contributed by atoms with Gasteiger partial charge in [-0.25, -0.2) is 0 Å². The molecule has 0 radical (unpaired) electrons. The van der Waals surface area contributed by atoms with Gasteiger partial charge >= 0.3 is 5.97 Å². The maximum atomic E-state index is 12.0. The zero-order valence-corrected chi connectivity index (χ0v) is 10.1. The van der Waals surface area contributed by atoms with Gasteiger partial charge in [0.15, 0.2) is 0 Å². The van der Waals surface area contributed by atoms with E-state index >= 15 is 0 Å². The van der Waals surface area contributed by atoms with Crippen LogP contribution >= 0.6 is 0 Å². The highest BCUT2D eigenvalue weighted by atomic mass is 16.4. The van der Waals surface area contributed by atoms with E-state index in [-0.39, 0.29) is 18.2 Å². The minimum absolute atomic E-state index is 0.0243. The van der Waals surface area contributed by atoms with E-state index in [4.69, 9.17) is 9.52 Å². The summed E-state index contributed by atoms with van der Waals surface area (Å²) in [6, 6.07) is 2.79. The van der Waals surface area contributed by atoms with Gasteiger partial charge in [-0.3, -0.25) is 9.59 Å². The first-order valence-electron chi connectivity index (χ1n) is 6.22. The van der Waals surface area contributed by atoms with E-state index in [1.807, 2.05) is 0 Å². The highest BCUT2D eigenvalue weighted by Crippen LogP contribution is 2.26. The predicted octanol–water partition coefficient (Wildman–Crippen LogP) is 2.10. The molecule has 1 aliphatic carbocycles. The van der Waals surface area contributed by atoms with Crippen LogP contribution in [0, 0.1) is 5.92 Å². The van der Waals surface area contributed by atoms with Gasteiger partial charge in [-0.1, -0.05) is 12.8 Å². The van der Waals surface area contributed by atoms with Crippen LogP contribution in [0.15, 0.2) is 22.8 Å². The number of carbonyl (C=O) groups is 2. The van der Waals surface area contributed by atoms with E-state index < -0.39 is 12.0 Å². The second-order valence-corrected chi connectivity index (χ2v) is 4.66. The standard InChI is InChI=1S/C13H17NO4/c15-12(16)8-10(11-6-3-7-18-11)14-13(17)9-4-1-2-5-9/h3,6-7,9-10H,1-2,4-5,8H2,(H,14,17)(H,15,16). The predicted molar refractivity (Wildman–Crippen MR) is 63.8 cm³/mol. The Morgan fingerprint density at radius 1 is 1.44 bits per heavy atom. The summed E-state index contributed by atoms with van der Waals surface area (Å²) in [5.41, 5.74) is 0. The Bertz CT molecular complexity index is 407. The van der Waals surface area contributed by atoms with Crippen LogP contribution in [0.1, 0.15) is 43.9 Å². The van der Waals surface area contributed by atoms with E-state index in [0.29, 0.717) is 5.76 Å². The van der Waals surface area contributed by atoms with Crippen molar-refractivity contribution in [1.82, 2.24) is 5.32 Å². The highest BCUT2D eigenvalue weighted by molar-refractivity contribution is 5.80. The maximum absolute atomic E-state index is 12.0. The van der Waals surface area contributed by atoms with Crippen LogP contribution in [0.4, 0.5) is 0 Å². The average molecular weight is 251 g/mol. The van der Waals surface area contributed by atoms with Crippen molar-refractivity contribution in [2.45, 2.75) is 38.1 Å². The lowest BCUT2D eigenvalue weighted by atomic mass is 10.1. The fourth-order valence-electron chi connectivity index (χ4n) is 2.36. The fraction of sp³-hybridized carbons (Fsp3) is 0.538. The van der Waals surface area contributed by atoms with Crippen LogP contribution in [0.3, 0.4) is 0 Å². The number of hydrogen-bond donors (Lipinski definition) is 2. The Hall–Kier alpha value is -1.78. The summed E-state index contributed by atoms with van der Waals surface area (Å²) in [5, 5.41) is 11.6. The fourth-order valence-corrected chi connectivity index (χ4v) is 2.36. The Kier molecular flexibility index (Phi) is 4.02. The maximum Gasteiger partial charge on any atom is 0.305 e. The lowest BCUT2D eigenvalue weighted by Gasteiger charge is -2.17. The number of aliphatic carboxylic acids is 1. The topological polar surface area (TPSA) is 79.5 Å². The van der Waals surface area contributed by atoms with E-state index in [1.165, 1.54) is 6.26 Å². The van der Waals surface area contributed by atoms with Gasteiger partial charge in [-0.05, 0) is 25.0 Å². The van der Waals surface area contributed by atoms with E-state index in [9.17, 15) is 9.59 Å². The number of rotatable bonds is 5. The number of carbonyl (C=O) groups excluding carboxylic acids is 1. The molecular weight excluding hydrogens is 234 g/mol. The molecule has 0 aromatic carbocycles. The summed E-state index contributed by atoms with van der Waals surface area (Å²) in [4.78, 5) is 22.8. The van der Waals surface area contributed by atoms with Gasteiger partial charge < -0.3 is 14.8 Å². The van der Waals surface area contributed by atoms with Crippen molar-refractivity contribution < 1.29 is 19.1 Å². The van der Waals surface area contributed by atoms with Crippen molar-refractivity contribution in [3.8, 4) is 0 Å². The number of nitrogens with one attached hydrogen (secondary N) is 1. The van der Waals surface area contributed by atoms with Crippen molar-refractivity contribution in [3.05, 3.63) is 24.2 Å². The SMILES string of the molecule is O=C(O)CC(NC(=O)C1CCCC1)c1ccco1. The summed E-state index contributed by atoms with van der Waals surface area (Å²) >= 11 is 0.